The second-order valence-electron chi connectivity index (χ2n) is 7.89. The van der Waals surface area contributed by atoms with Gasteiger partial charge in [-0.3, -0.25) is 4.79 Å². The van der Waals surface area contributed by atoms with Gasteiger partial charge in [0.1, 0.15) is 22.8 Å². The highest BCUT2D eigenvalue weighted by Gasteiger charge is 2.35. The number of aliphatic carboxylic acids is 1. The summed E-state index contributed by atoms with van der Waals surface area (Å²) >= 11 is 0. The lowest BCUT2D eigenvalue weighted by Crippen LogP contribution is -2.15. The van der Waals surface area contributed by atoms with Crippen LogP contribution in [0, 0.1) is 13.8 Å². The summed E-state index contributed by atoms with van der Waals surface area (Å²) in [7, 11) is -2.80. The Morgan fingerprint density at radius 1 is 1.15 bits per heavy atom. The van der Waals surface area contributed by atoms with Crippen molar-refractivity contribution in [2.75, 3.05) is 7.11 Å². The van der Waals surface area contributed by atoms with Crippen LogP contribution in [0.1, 0.15) is 52.4 Å². The number of rotatable bonds is 9. The fourth-order valence-corrected chi connectivity index (χ4v) is 4.62. The maximum Gasteiger partial charge on any atom is 0.342 e. The van der Waals surface area contributed by atoms with E-state index in [1.54, 1.807) is 32.1 Å². The highest BCUT2D eigenvalue weighted by atomic mass is 32.2. The van der Waals surface area contributed by atoms with Gasteiger partial charge < -0.3 is 18.8 Å². The second kappa shape index (κ2) is 9.66. The Morgan fingerprint density at radius 3 is 2.42 bits per heavy atom. The van der Waals surface area contributed by atoms with Crippen molar-refractivity contribution < 1.29 is 36.8 Å². The Bertz CT molecular complexity index is 1220. The second-order valence-corrected chi connectivity index (χ2v) is 9.44. The van der Waals surface area contributed by atoms with Gasteiger partial charge in [0, 0.05) is 17.5 Å². The number of cyclic esters (lactones) is 1. The van der Waals surface area contributed by atoms with E-state index in [0.29, 0.717) is 28.9 Å². The Kier molecular flexibility index (Phi) is 7.12. The molecule has 176 valence electrons. The van der Waals surface area contributed by atoms with E-state index in [2.05, 4.69) is 0 Å². The van der Waals surface area contributed by atoms with Crippen molar-refractivity contribution >= 4 is 22.1 Å². The van der Waals surface area contributed by atoms with Crippen LogP contribution < -0.4 is 8.92 Å². The number of benzene rings is 2. The van der Waals surface area contributed by atoms with Crippen molar-refractivity contribution in [2.24, 2.45) is 0 Å². The summed E-state index contributed by atoms with van der Waals surface area (Å²) in [5.41, 5.74) is 3.30. The molecule has 33 heavy (non-hydrogen) atoms. The molecule has 0 radical (unpaired) electrons. The largest absolute Gasteiger partial charge is 0.496 e. The standard InChI is InChI=1S/C24H26O8S/c1-14-5-9-17(10-6-14)33(28,29)32-23-18(11-7-15(2)8-12-20(25)26)22(30-4)16(3)19-13-31-24(27)21(19)23/h5-7,9-10H,8,11-13H2,1-4H3,(H,25,26). The number of ether oxygens (including phenoxy) is 2. The number of carbonyl (C=O) groups excluding carboxylic acids is 1. The van der Waals surface area contributed by atoms with Crippen LogP contribution in [0.5, 0.6) is 11.5 Å². The summed E-state index contributed by atoms with van der Waals surface area (Å²) in [5, 5.41) is 8.91. The van der Waals surface area contributed by atoms with Crippen molar-refractivity contribution in [1.82, 2.24) is 0 Å². The molecule has 1 N–H and O–H groups in total. The number of hydrogen-bond acceptors (Lipinski definition) is 7. The van der Waals surface area contributed by atoms with E-state index in [-0.39, 0.29) is 35.7 Å². The smallest absolute Gasteiger partial charge is 0.342 e. The van der Waals surface area contributed by atoms with Crippen molar-refractivity contribution in [3.05, 3.63) is 63.7 Å². The minimum absolute atomic E-state index is 0.00887. The minimum Gasteiger partial charge on any atom is -0.496 e. The van der Waals surface area contributed by atoms with Crippen LogP contribution in [0.4, 0.5) is 0 Å². The maximum atomic E-state index is 13.1. The monoisotopic (exact) mass is 474 g/mol. The molecular formula is C24H26O8S. The van der Waals surface area contributed by atoms with Crippen LogP contribution >= 0.6 is 0 Å². The van der Waals surface area contributed by atoms with Gasteiger partial charge in [-0.15, -0.1) is 0 Å². The maximum absolute atomic E-state index is 13.1. The summed E-state index contributed by atoms with van der Waals surface area (Å²) < 4.78 is 42.5. The average molecular weight is 475 g/mol. The van der Waals surface area contributed by atoms with Crippen LogP contribution in [0.15, 0.2) is 40.8 Å². The number of carboxylic acids is 1. The zero-order valence-corrected chi connectivity index (χ0v) is 19.7. The first kappa shape index (κ1) is 24.3. The van der Waals surface area contributed by atoms with Crippen molar-refractivity contribution in [1.29, 1.82) is 0 Å². The summed E-state index contributed by atoms with van der Waals surface area (Å²) in [4.78, 5) is 23.4. The quantitative estimate of drug-likeness (QED) is 0.328. The summed E-state index contributed by atoms with van der Waals surface area (Å²) in [6, 6.07) is 6.18. The van der Waals surface area contributed by atoms with Crippen LogP contribution in [0.2, 0.25) is 0 Å². The topological polar surface area (TPSA) is 116 Å². The molecule has 3 rings (SSSR count). The minimum atomic E-state index is -4.26. The van der Waals surface area contributed by atoms with E-state index < -0.39 is 22.1 Å². The fourth-order valence-electron chi connectivity index (χ4n) is 3.65. The zero-order chi connectivity index (χ0) is 24.3. The van der Waals surface area contributed by atoms with Gasteiger partial charge in [-0.25, -0.2) is 4.79 Å². The molecule has 0 saturated carbocycles. The predicted molar refractivity (Wildman–Crippen MR) is 120 cm³/mol. The number of methoxy groups -OCH3 is 1. The molecule has 0 saturated heterocycles. The van der Waals surface area contributed by atoms with E-state index in [4.69, 9.17) is 18.8 Å². The van der Waals surface area contributed by atoms with E-state index in [0.717, 1.165) is 11.1 Å². The Morgan fingerprint density at radius 2 is 1.82 bits per heavy atom. The highest BCUT2D eigenvalue weighted by Crippen LogP contribution is 2.43. The summed E-state index contributed by atoms with van der Waals surface area (Å²) in [5.74, 6) is -1.32. The third-order valence-electron chi connectivity index (χ3n) is 5.52. The molecule has 1 heterocycles. The number of carboxylic acid groups (broad SMARTS) is 1. The van der Waals surface area contributed by atoms with Crippen molar-refractivity contribution in [2.45, 2.75) is 51.5 Å². The van der Waals surface area contributed by atoms with E-state index in [9.17, 15) is 18.0 Å². The van der Waals surface area contributed by atoms with Gasteiger partial charge in [0.15, 0.2) is 5.75 Å². The average Bonchev–Trinajstić information content (AvgIpc) is 3.15. The fraction of sp³-hybridized carbons (Fsp3) is 0.333. The van der Waals surface area contributed by atoms with Gasteiger partial charge in [-0.2, -0.15) is 8.42 Å². The zero-order valence-electron chi connectivity index (χ0n) is 18.9. The molecule has 2 aromatic rings. The molecule has 0 atom stereocenters. The van der Waals surface area contributed by atoms with Gasteiger partial charge in [0.25, 0.3) is 0 Å². The molecule has 9 heteroatoms. The number of hydrogen-bond donors (Lipinski definition) is 1. The molecule has 0 spiro atoms. The number of aryl methyl sites for hydroxylation is 1. The Labute approximate surface area is 192 Å². The SMILES string of the molecule is COc1c(C)c2c(c(OS(=O)(=O)c3ccc(C)cc3)c1CC=C(C)CCC(=O)O)C(=O)OC2. The first-order chi connectivity index (χ1) is 15.5. The molecule has 2 aromatic carbocycles. The van der Waals surface area contributed by atoms with Crippen LogP contribution in [-0.4, -0.2) is 32.6 Å². The van der Waals surface area contributed by atoms with Gasteiger partial charge in [0.2, 0.25) is 0 Å². The van der Waals surface area contributed by atoms with Crippen LogP contribution in [0.3, 0.4) is 0 Å². The van der Waals surface area contributed by atoms with Gasteiger partial charge in [-0.1, -0.05) is 29.3 Å². The molecule has 1 aliphatic heterocycles. The van der Waals surface area contributed by atoms with Gasteiger partial charge in [0.05, 0.1) is 7.11 Å². The lowest BCUT2D eigenvalue weighted by molar-refractivity contribution is -0.136. The van der Waals surface area contributed by atoms with E-state index in [1.165, 1.54) is 19.2 Å². The van der Waals surface area contributed by atoms with Gasteiger partial charge >= 0.3 is 22.1 Å². The molecule has 8 nitrogen and oxygen atoms in total. The lowest BCUT2D eigenvalue weighted by atomic mass is 9.94. The molecule has 0 aliphatic carbocycles. The first-order valence-electron chi connectivity index (χ1n) is 10.3. The highest BCUT2D eigenvalue weighted by molar-refractivity contribution is 7.87. The Hall–Kier alpha value is -3.33. The third-order valence-corrected chi connectivity index (χ3v) is 6.75. The van der Waals surface area contributed by atoms with Crippen molar-refractivity contribution in [3.8, 4) is 11.5 Å². The van der Waals surface area contributed by atoms with Gasteiger partial charge in [-0.05, 0) is 51.3 Å². The summed E-state index contributed by atoms with van der Waals surface area (Å²) in [6.07, 6.45) is 2.26. The molecule has 0 bridgehead atoms. The number of allylic oxidation sites excluding steroid dienone is 2. The van der Waals surface area contributed by atoms with Crippen LogP contribution in [-0.2, 0) is 32.7 Å². The predicted octanol–water partition coefficient (Wildman–Crippen LogP) is 4.10. The van der Waals surface area contributed by atoms with E-state index in [1.807, 2.05) is 6.92 Å². The van der Waals surface area contributed by atoms with Crippen LogP contribution in [0.25, 0.3) is 0 Å². The molecule has 0 fully saturated rings. The lowest BCUT2D eigenvalue weighted by Gasteiger charge is -2.19. The molecule has 1 aliphatic rings. The Balaban J connectivity index is 2.13. The first-order valence-corrected chi connectivity index (χ1v) is 11.7. The number of carbonyl (C=O) groups is 2. The number of fused-ring (bicyclic) bond motifs is 1. The molecule has 0 aromatic heterocycles. The molecule has 0 amide bonds. The molecular weight excluding hydrogens is 448 g/mol. The third kappa shape index (κ3) is 5.19. The van der Waals surface area contributed by atoms with E-state index >= 15 is 0 Å². The summed E-state index contributed by atoms with van der Waals surface area (Å²) in [6.45, 7) is 5.38. The van der Waals surface area contributed by atoms with Crippen molar-refractivity contribution in [3.63, 3.8) is 0 Å². The normalized spacial score (nSPS) is 13.5. The molecule has 0 unspecified atom stereocenters. The number of esters is 1.